The highest BCUT2D eigenvalue weighted by molar-refractivity contribution is 7.89. The molecule has 0 radical (unpaired) electrons. The number of carbonyl (C=O) groups is 1. The molecule has 0 saturated carbocycles. The summed E-state index contributed by atoms with van der Waals surface area (Å²) in [5, 5.41) is 0. The third kappa shape index (κ3) is 7.38. The van der Waals surface area contributed by atoms with Crippen LogP contribution in [-0.2, 0) is 34.3 Å². The van der Waals surface area contributed by atoms with Gasteiger partial charge in [-0.25, -0.2) is 8.42 Å². The number of carbonyl (C=O) groups excluding carboxylic acids is 1. The van der Waals surface area contributed by atoms with Gasteiger partial charge >= 0.3 is 0 Å². The molecule has 0 bridgehead atoms. The highest BCUT2D eigenvalue weighted by Gasteiger charge is 2.28. The van der Waals surface area contributed by atoms with Crippen LogP contribution >= 0.6 is 0 Å². The maximum atomic E-state index is 13.7. The Morgan fingerprint density at radius 1 is 0.649 bits per heavy atom. The first-order valence-electron chi connectivity index (χ1n) is 12.4. The molecule has 0 unspecified atom stereocenters. The van der Waals surface area contributed by atoms with E-state index in [1.54, 1.807) is 29.2 Å². The second-order valence-corrected chi connectivity index (χ2v) is 11.0. The van der Waals surface area contributed by atoms with E-state index < -0.39 is 10.0 Å². The molecule has 0 fully saturated rings. The van der Waals surface area contributed by atoms with Crippen molar-refractivity contribution in [3.05, 3.63) is 138 Å². The number of hydrogen-bond donors (Lipinski definition) is 0. The fourth-order valence-electron chi connectivity index (χ4n) is 4.13. The summed E-state index contributed by atoms with van der Waals surface area (Å²) in [7, 11) is -3.88. The van der Waals surface area contributed by atoms with E-state index in [1.165, 1.54) is 4.31 Å². The van der Waals surface area contributed by atoms with E-state index in [2.05, 4.69) is 0 Å². The van der Waals surface area contributed by atoms with Gasteiger partial charge in [0.05, 0.1) is 11.4 Å². The van der Waals surface area contributed by atoms with Crippen molar-refractivity contribution >= 4 is 15.9 Å². The Morgan fingerprint density at radius 2 is 1.11 bits per heavy atom. The van der Waals surface area contributed by atoms with Gasteiger partial charge in [-0.05, 0) is 42.2 Å². The van der Waals surface area contributed by atoms with Gasteiger partial charge < -0.3 is 4.90 Å². The van der Waals surface area contributed by atoms with Gasteiger partial charge in [-0.2, -0.15) is 4.31 Å². The summed E-state index contributed by atoms with van der Waals surface area (Å²) in [5.41, 5.74) is 3.97. The van der Waals surface area contributed by atoms with Crippen molar-refractivity contribution in [1.29, 1.82) is 0 Å². The van der Waals surface area contributed by atoms with Crippen LogP contribution in [0.2, 0.25) is 0 Å². The molecule has 37 heavy (non-hydrogen) atoms. The van der Waals surface area contributed by atoms with Crippen molar-refractivity contribution < 1.29 is 13.2 Å². The first-order chi connectivity index (χ1) is 17.9. The SMILES string of the molecule is Cc1ccc(S(=O)(=O)N(CCc2ccccc2)CC(=O)N(Cc2ccccc2)Cc2ccccc2)cc1. The van der Waals surface area contributed by atoms with Gasteiger partial charge in [0.25, 0.3) is 0 Å². The second kappa shape index (κ2) is 12.5. The maximum Gasteiger partial charge on any atom is 0.243 e. The van der Waals surface area contributed by atoms with Crippen molar-refractivity contribution in [2.75, 3.05) is 13.1 Å². The Balaban J connectivity index is 1.61. The topological polar surface area (TPSA) is 57.7 Å². The molecule has 6 heteroatoms. The average molecular weight is 513 g/mol. The lowest BCUT2D eigenvalue weighted by molar-refractivity contribution is -0.132. The van der Waals surface area contributed by atoms with Crippen molar-refractivity contribution in [1.82, 2.24) is 9.21 Å². The predicted molar refractivity (Wildman–Crippen MR) is 147 cm³/mol. The number of rotatable bonds is 11. The molecule has 190 valence electrons. The Morgan fingerprint density at radius 3 is 1.59 bits per heavy atom. The lowest BCUT2D eigenvalue weighted by atomic mass is 10.1. The van der Waals surface area contributed by atoms with Crippen molar-refractivity contribution in [2.24, 2.45) is 0 Å². The molecule has 0 N–H and O–H groups in total. The molecule has 4 rings (SSSR count). The van der Waals surface area contributed by atoms with E-state index in [-0.39, 0.29) is 23.9 Å². The Labute approximate surface area is 220 Å². The van der Waals surface area contributed by atoms with E-state index in [1.807, 2.05) is 97.9 Å². The molecule has 1 amide bonds. The quantitative estimate of drug-likeness (QED) is 0.268. The van der Waals surface area contributed by atoms with Crippen LogP contribution < -0.4 is 0 Å². The van der Waals surface area contributed by atoms with Gasteiger partial charge in [0.15, 0.2) is 0 Å². The lowest BCUT2D eigenvalue weighted by Crippen LogP contribution is -2.43. The van der Waals surface area contributed by atoms with Gasteiger partial charge in [0.1, 0.15) is 0 Å². The smallest absolute Gasteiger partial charge is 0.243 e. The molecule has 0 atom stereocenters. The minimum Gasteiger partial charge on any atom is -0.333 e. The number of sulfonamides is 1. The maximum absolute atomic E-state index is 13.7. The van der Waals surface area contributed by atoms with E-state index in [4.69, 9.17) is 0 Å². The van der Waals surface area contributed by atoms with Gasteiger partial charge in [-0.3, -0.25) is 4.79 Å². The molecule has 4 aromatic carbocycles. The van der Waals surface area contributed by atoms with Crippen LogP contribution in [0, 0.1) is 6.92 Å². The summed E-state index contributed by atoms with van der Waals surface area (Å²) >= 11 is 0. The molecular formula is C31H32N2O3S. The van der Waals surface area contributed by atoms with Gasteiger partial charge in [0.2, 0.25) is 15.9 Å². The number of nitrogens with zero attached hydrogens (tertiary/aromatic N) is 2. The van der Waals surface area contributed by atoms with E-state index in [0.717, 1.165) is 22.3 Å². The van der Waals surface area contributed by atoms with Gasteiger partial charge in [-0.15, -0.1) is 0 Å². The van der Waals surface area contributed by atoms with Crippen LogP contribution in [0.5, 0.6) is 0 Å². The highest BCUT2D eigenvalue weighted by Crippen LogP contribution is 2.19. The van der Waals surface area contributed by atoms with Crippen LogP contribution in [0.1, 0.15) is 22.3 Å². The fraction of sp³-hybridized carbons (Fsp3) is 0.194. The molecular weight excluding hydrogens is 480 g/mol. The number of aryl methyl sites for hydroxylation is 1. The van der Waals surface area contributed by atoms with Crippen LogP contribution in [-0.4, -0.2) is 36.6 Å². The molecule has 0 aliphatic rings. The monoisotopic (exact) mass is 512 g/mol. The fourth-order valence-corrected chi connectivity index (χ4v) is 5.52. The molecule has 0 aliphatic carbocycles. The summed E-state index contributed by atoms with van der Waals surface area (Å²) in [6, 6.07) is 36.0. The average Bonchev–Trinajstić information content (AvgIpc) is 2.92. The third-order valence-corrected chi connectivity index (χ3v) is 8.11. The van der Waals surface area contributed by atoms with Crippen LogP contribution in [0.25, 0.3) is 0 Å². The standard InChI is InChI=1S/C31H32N2O3S/c1-26-17-19-30(20-18-26)37(35,36)33(22-21-27-11-5-2-6-12-27)25-31(34)32(23-28-13-7-3-8-14-28)24-29-15-9-4-10-16-29/h2-20H,21-25H2,1H3. The summed E-state index contributed by atoms with van der Waals surface area (Å²) in [5.74, 6) is -0.239. The van der Waals surface area contributed by atoms with Gasteiger partial charge in [-0.1, -0.05) is 109 Å². The Kier molecular flexibility index (Phi) is 8.88. The van der Waals surface area contributed by atoms with Gasteiger partial charge in [0, 0.05) is 19.6 Å². The van der Waals surface area contributed by atoms with E-state index in [0.29, 0.717) is 19.5 Å². The van der Waals surface area contributed by atoms with E-state index in [9.17, 15) is 13.2 Å². The zero-order valence-corrected chi connectivity index (χ0v) is 21.8. The molecule has 0 aliphatic heterocycles. The number of hydrogen-bond acceptors (Lipinski definition) is 3. The first kappa shape index (κ1) is 26.3. The summed E-state index contributed by atoms with van der Waals surface area (Å²) < 4.78 is 28.7. The molecule has 0 aromatic heterocycles. The van der Waals surface area contributed by atoms with Crippen LogP contribution in [0.15, 0.2) is 120 Å². The molecule has 0 spiro atoms. The zero-order chi connectivity index (χ0) is 26.1. The highest BCUT2D eigenvalue weighted by atomic mass is 32.2. The minimum absolute atomic E-state index is 0.191. The molecule has 4 aromatic rings. The molecule has 0 saturated heterocycles. The number of benzene rings is 4. The molecule has 5 nitrogen and oxygen atoms in total. The zero-order valence-electron chi connectivity index (χ0n) is 21.0. The Hall–Kier alpha value is -3.74. The van der Waals surface area contributed by atoms with Crippen molar-refractivity contribution in [3.63, 3.8) is 0 Å². The van der Waals surface area contributed by atoms with Crippen LogP contribution in [0.4, 0.5) is 0 Å². The lowest BCUT2D eigenvalue weighted by Gasteiger charge is -2.28. The number of amides is 1. The summed E-state index contributed by atoms with van der Waals surface area (Å²) in [4.78, 5) is 15.6. The minimum atomic E-state index is -3.88. The molecule has 0 heterocycles. The second-order valence-electron chi connectivity index (χ2n) is 9.11. The normalized spacial score (nSPS) is 11.4. The Bertz CT molecular complexity index is 1330. The van der Waals surface area contributed by atoms with E-state index >= 15 is 0 Å². The summed E-state index contributed by atoms with van der Waals surface area (Å²) in [6.07, 6.45) is 0.510. The predicted octanol–water partition coefficient (Wildman–Crippen LogP) is 5.46. The summed E-state index contributed by atoms with van der Waals surface area (Å²) in [6.45, 7) is 2.68. The third-order valence-electron chi connectivity index (χ3n) is 6.25. The largest absolute Gasteiger partial charge is 0.333 e. The van der Waals surface area contributed by atoms with Crippen molar-refractivity contribution in [3.8, 4) is 0 Å². The first-order valence-corrected chi connectivity index (χ1v) is 13.8. The van der Waals surface area contributed by atoms with Crippen LogP contribution in [0.3, 0.4) is 0 Å². The van der Waals surface area contributed by atoms with Crippen molar-refractivity contribution in [2.45, 2.75) is 31.3 Å².